The van der Waals surface area contributed by atoms with Gasteiger partial charge in [0.2, 0.25) is 5.95 Å². The molecule has 2 atom stereocenters. The van der Waals surface area contributed by atoms with Gasteiger partial charge in [0.1, 0.15) is 5.82 Å². The van der Waals surface area contributed by atoms with E-state index < -0.39 is 0 Å². The summed E-state index contributed by atoms with van der Waals surface area (Å²) in [5.74, 6) is 0.655. The Morgan fingerprint density at radius 3 is 2.62 bits per heavy atom. The first-order chi connectivity index (χ1) is 11.4. The van der Waals surface area contributed by atoms with E-state index in [2.05, 4.69) is 27.2 Å². The summed E-state index contributed by atoms with van der Waals surface area (Å²) in [6.07, 6.45) is 1.04. The van der Waals surface area contributed by atoms with Crippen molar-refractivity contribution in [1.82, 2.24) is 14.9 Å². The van der Waals surface area contributed by atoms with Crippen molar-refractivity contribution in [1.29, 1.82) is 0 Å². The van der Waals surface area contributed by atoms with Gasteiger partial charge in [-0.25, -0.2) is 14.4 Å². The minimum absolute atomic E-state index is 0.162. The maximum absolute atomic E-state index is 13.8. The van der Waals surface area contributed by atoms with Gasteiger partial charge in [0.05, 0.1) is 5.02 Å². The van der Waals surface area contributed by atoms with E-state index in [1.807, 2.05) is 26.0 Å². The Morgan fingerprint density at radius 2 is 1.96 bits per heavy atom. The van der Waals surface area contributed by atoms with Gasteiger partial charge in [-0.2, -0.15) is 0 Å². The molecule has 0 saturated carbocycles. The molecule has 1 saturated heterocycles. The molecule has 0 aliphatic carbocycles. The highest BCUT2D eigenvalue weighted by molar-refractivity contribution is 6.30. The minimum Gasteiger partial charge on any atom is -0.354 e. The lowest BCUT2D eigenvalue weighted by atomic mass is 9.93. The topological polar surface area (TPSA) is 41.1 Å². The van der Waals surface area contributed by atoms with Crippen molar-refractivity contribution >= 4 is 17.5 Å². The summed E-state index contributed by atoms with van der Waals surface area (Å²) in [5.41, 5.74) is 2.86. The third kappa shape index (κ3) is 3.68. The van der Waals surface area contributed by atoms with E-state index in [0.29, 0.717) is 11.9 Å². The average molecular weight is 349 g/mol. The summed E-state index contributed by atoms with van der Waals surface area (Å²) >= 11 is 5.81. The minimum atomic E-state index is -0.362. The normalized spacial score (nSPS) is 21.2. The Morgan fingerprint density at radius 1 is 1.25 bits per heavy atom. The van der Waals surface area contributed by atoms with Crippen molar-refractivity contribution in [2.24, 2.45) is 5.92 Å². The number of benzene rings is 1. The van der Waals surface area contributed by atoms with Gasteiger partial charge in [0.25, 0.3) is 0 Å². The van der Waals surface area contributed by atoms with E-state index in [-0.39, 0.29) is 16.9 Å². The van der Waals surface area contributed by atoms with Crippen LogP contribution in [-0.2, 0) is 0 Å². The number of anilines is 1. The Hall–Kier alpha value is -1.72. The fourth-order valence-corrected chi connectivity index (χ4v) is 3.61. The van der Waals surface area contributed by atoms with Crippen LogP contribution >= 0.6 is 11.6 Å². The summed E-state index contributed by atoms with van der Waals surface area (Å²) in [4.78, 5) is 11.1. The Labute approximate surface area is 147 Å². The third-order valence-electron chi connectivity index (χ3n) is 4.56. The number of hydrogen-bond donors (Lipinski definition) is 1. The number of nitrogens with one attached hydrogen (secondary N) is 1. The SMILES string of the molecule is Cc1cc(C)nc(NCC2CCN(C)C2c2ccc(Cl)c(F)c2)n1. The quantitative estimate of drug-likeness (QED) is 0.907. The largest absolute Gasteiger partial charge is 0.354 e. The van der Waals surface area contributed by atoms with Crippen LogP contribution in [-0.4, -0.2) is 35.0 Å². The molecule has 1 N–H and O–H groups in total. The Bertz CT molecular complexity index is 717. The summed E-state index contributed by atoms with van der Waals surface area (Å²) in [6, 6.07) is 7.21. The number of aryl methyl sites for hydroxylation is 2. The lowest BCUT2D eigenvalue weighted by Gasteiger charge is -2.26. The van der Waals surface area contributed by atoms with Gasteiger partial charge in [-0.3, -0.25) is 4.90 Å². The van der Waals surface area contributed by atoms with Gasteiger partial charge >= 0.3 is 0 Å². The van der Waals surface area contributed by atoms with Crippen molar-refractivity contribution in [3.05, 3.63) is 52.1 Å². The van der Waals surface area contributed by atoms with Crippen LogP contribution in [0.5, 0.6) is 0 Å². The first-order valence-corrected chi connectivity index (χ1v) is 8.53. The molecule has 0 radical (unpaired) electrons. The molecule has 0 spiro atoms. The molecule has 3 rings (SSSR count). The first kappa shape index (κ1) is 17.1. The Kier molecular flexibility index (Phi) is 5.01. The van der Waals surface area contributed by atoms with Gasteiger partial charge in [0, 0.05) is 24.0 Å². The molecule has 1 aromatic carbocycles. The fraction of sp³-hybridized carbons (Fsp3) is 0.444. The maximum atomic E-state index is 13.8. The highest BCUT2D eigenvalue weighted by atomic mass is 35.5. The predicted molar refractivity (Wildman–Crippen MR) is 94.9 cm³/mol. The van der Waals surface area contributed by atoms with Gasteiger partial charge in [0.15, 0.2) is 0 Å². The fourth-order valence-electron chi connectivity index (χ4n) is 3.49. The van der Waals surface area contributed by atoms with Crippen LogP contribution in [0.3, 0.4) is 0 Å². The molecular formula is C18H22ClFN4. The van der Waals surface area contributed by atoms with Gasteiger partial charge in [-0.05, 0) is 63.5 Å². The van der Waals surface area contributed by atoms with Crippen LogP contribution in [0, 0.1) is 25.6 Å². The van der Waals surface area contributed by atoms with E-state index in [1.54, 1.807) is 12.1 Å². The van der Waals surface area contributed by atoms with Crippen molar-refractivity contribution in [2.45, 2.75) is 26.3 Å². The first-order valence-electron chi connectivity index (χ1n) is 8.15. The van der Waals surface area contributed by atoms with E-state index in [4.69, 9.17) is 11.6 Å². The molecular weight excluding hydrogens is 327 g/mol. The summed E-state index contributed by atoms with van der Waals surface area (Å²) in [7, 11) is 2.07. The van der Waals surface area contributed by atoms with Crippen LogP contribution in [0.2, 0.25) is 5.02 Å². The second-order valence-electron chi connectivity index (χ2n) is 6.50. The lowest BCUT2D eigenvalue weighted by molar-refractivity contribution is 0.281. The zero-order valence-corrected chi connectivity index (χ0v) is 14.9. The monoisotopic (exact) mass is 348 g/mol. The van der Waals surface area contributed by atoms with Crippen LogP contribution in [0.1, 0.15) is 29.4 Å². The molecule has 0 bridgehead atoms. The zero-order valence-electron chi connectivity index (χ0n) is 14.2. The van der Waals surface area contributed by atoms with Crippen molar-refractivity contribution in [2.75, 3.05) is 25.5 Å². The molecule has 6 heteroatoms. The standard InChI is InChI=1S/C18H22ClFN4/c1-11-8-12(2)23-18(22-11)21-10-14-6-7-24(3)17(14)13-4-5-15(19)16(20)9-13/h4-5,8-9,14,17H,6-7,10H2,1-3H3,(H,21,22,23). The highest BCUT2D eigenvalue weighted by Crippen LogP contribution is 2.37. The molecule has 2 heterocycles. The van der Waals surface area contributed by atoms with E-state index >= 15 is 0 Å². The number of hydrogen-bond acceptors (Lipinski definition) is 4. The van der Waals surface area contributed by atoms with Crippen LogP contribution < -0.4 is 5.32 Å². The average Bonchev–Trinajstić information content (AvgIpc) is 2.88. The molecule has 1 fully saturated rings. The molecule has 1 aliphatic heterocycles. The second kappa shape index (κ2) is 7.03. The summed E-state index contributed by atoms with van der Waals surface area (Å²) < 4.78 is 13.8. The molecule has 0 amide bonds. The summed E-state index contributed by atoms with van der Waals surface area (Å²) in [6.45, 7) is 5.65. The molecule has 128 valence electrons. The second-order valence-corrected chi connectivity index (χ2v) is 6.91. The van der Waals surface area contributed by atoms with Crippen molar-refractivity contribution in [3.63, 3.8) is 0 Å². The molecule has 24 heavy (non-hydrogen) atoms. The highest BCUT2D eigenvalue weighted by Gasteiger charge is 2.33. The molecule has 1 aromatic heterocycles. The number of nitrogens with zero attached hydrogens (tertiary/aromatic N) is 3. The summed E-state index contributed by atoms with van der Waals surface area (Å²) in [5, 5.41) is 3.51. The number of rotatable bonds is 4. The van der Waals surface area contributed by atoms with Gasteiger partial charge < -0.3 is 5.32 Å². The Balaban J connectivity index is 1.75. The number of aromatic nitrogens is 2. The zero-order chi connectivity index (χ0) is 17.3. The third-order valence-corrected chi connectivity index (χ3v) is 4.87. The smallest absolute Gasteiger partial charge is 0.223 e. The van der Waals surface area contributed by atoms with E-state index in [0.717, 1.165) is 36.5 Å². The van der Waals surface area contributed by atoms with Crippen LogP contribution in [0.25, 0.3) is 0 Å². The molecule has 1 aliphatic rings. The van der Waals surface area contributed by atoms with Crippen LogP contribution in [0.4, 0.5) is 10.3 Å². The lowest BCUT2D eigenvalue weighted by Crippen LogP contribution is -2.25. The van der Waals surface area contributed by atoms with Crippen molar-refractivity contribution < 1.29 is 4.39 Å². The number of likely N-dealkylation sites (tertiary alicyclic amines) is 1. The van der Waals surface area contributed by atoms with E-state index in [9.17, 15) is 4.39 Å². The molecule has 2 unspecified atom stereocenters. The van der Waals surface area contributed by atoms with Crippen molar-refractivity contribution in [3.8, 4) is 0 Å². The van der Waals surface area contributed by atoms with Gasteiger partial charge in [-0.15, -0.1) is 0 Å². The number of halogens is 2. The maximum Gasteiger partial charge on any atom is 0.223 e. The van der Waals surface area contributed by atoms with E-state index in [1.165, 1.54) is 0 Å². The predicted octanol–water partition coefficient (Wildman–Crippen LogP) is 3.99. The van der Waals surface area contributed by atoms with Crippen LogP contribution in [0.15, 0.2) is 24.3 Å². The van der Waals surface area contributed by atoms with Gasteiger partial charge in [-0.1, -0.05) is 17.7 Å². The molecule has 2 aromatic rings. The molecule has 4 nitrogen and oxygen atoms in total.